The first-order chi connectivity index (χ1) is 8.04. The Labute approximate surface area is 106 Å². The van der Waals surface area contributed by atoms with Crippen LogP contribution in [-0.2, 0) is 0 Å². The summed E-state index contributed by atoms with van der Waals surface area (Å²) in [4.78, 5) is 10.8. The van der Waals surface area contributed by atoms with Crippen LogP contribution in [0.15, 0.2) is 33.8 Å². The van der Waals surface area contributed by atoms with Crippen molar-refractivity contribution in [3.8, 4) is 0 Å². The summed E-state index contributed by atoms with van der Waals surface area (Å²) in [6.45, 7) is -0.435. The maximum atomic E-state index is 10.8. The quantitative estimate of drug-likeness (QED) is 0.439. The third-order valence-electron chi connectivity index (χ3n) is 1.90. The minimum absolute atomic E-state index is 0.0772. The fraction of sp³-hybridized carbons (Fsp3) is 0.200. The topological polar surface area (TPSA) is 99.1 Å². The number of amides is 1. The number of carboxylic acid groups (broad SMARTS) is 1. The number of aliphatic hydroxyl groups is 1. The predicted molar refractivity (Wildman–Crippen MR) is 66.7 cm³/mol. The highest BCUT2D eigenvalue weighted by molar-refractivity contribution is 9.10. The Bertz CT molecular complexity index is 419. The molecule has 0 radical (unpaired) electrons. The lowest BCUT2D eigenvalue weighted by atomic mass is 10.2. The lowest BCUT2D eigenvalue weighted by Crippen LogP contribution is -2.30. The van der Waals surface area contributed by atoms with Gasteiger partial charge in [-0.1, -0.05) is 28.1 Å². The van der Waals surface area contributed by atoms with Crippen molar-refractivity contribution >= 4 is 27.9 Å². The molecule has 6 nitrogen and oxygen atoms in total. The molecule has 4 N–H and O–H groups in total. The molecular weight excluding hydrogens is 290 g/mol. The first-order valence-electron chi connectivity index (χ1n) is 4.76. The van der Waals surface area contributed by atoms with Gasteiger partial charge in [0, 0.05) is 10.0 Å². The van der Waals surface area contributed by atoms with Gasteiger partial charge in [0.25, 0.3) is 0 Å². The largest absolute Gasteiger partial charge is 0.464 e. The highest BCUT2D eigenvalue weighted by Crippen LogP contribution is 2.10. The number of hydrazone groups is 1. The predicted octanol–water partition coefficient (Wildman–Crippen LogP) is 1.04. The fourth-order valence-electron chi connectivity index (χ4n) is 1.09. The summed E-state index contributed by atoms with van der Waals surface area (Å²) in [5, 5.41) is 21.9. The van der Waals surface area contributed by atoms with E-state index in [9.17, 15) is 4.79 Å². The molecule has 0 spiro atoms. The molecule has 0 fully saturated rings. The van der Waals surface area contributed by atoms with Crippen LogP contribution in [0.2, 0.25) is 0 Å². The number of hydrogen-bond donors (Lipinski definition) is 3. The summed E-state index contributed by atoms with van der Waals surface area (Å²) >= 11 is 3.28. The van der Waals surface area contributed by atoms with Crippen LogP contribution in [0.4, 0.5) is 4.79 Å². The van der Waals surface area contributed by atoms with E-state index in [1.165, 1.54) is 0 Å². The molecule has 17 heavy (non-hydrogen) atoms. The Morgan fingerprint density at radius 2 is 2.00 bits per heavy atom. The molecule has 7 heteroatoms. The van der Waals surface area contributed by atoms with E-state index in [4.69, 9.17) is 15.9 Å². The summed E-state index contributed by atoms with van der Waals surface area (Å²) in [7, 11) is 0. The third kappa shape index (κ3) is 4.04. The Morgan fingerprint density at radius 3 is 2.47 bits per heavy atom. The summed E-state index contributed by atoms with van der Waals surface area (Å²) in [6, 6.07) is 6.97. The van der Waals surface area contributed by atoms with Gasteiger partial charge in [-0.3, -0.25) is 0 Å². The Morgan fingerprint density at radius 1 is 1.41 bits per heavy atom. The van der Waals surface area contributed by atoms with Crippen molar-refractivity contribution in [2.24, 2.45) is 10.8 Å². The number of rotatable bonds is 4. The number of hydrogen-bond acceptors (Lipinski definition) is 3. The summed E-state index contributed by atoms with van der Waals surface area (Å²) < 4.78 is 0.888. The molecule has 0 bridgehead atoms. The molecule has 0 saturated carbocycles. The van der Waals surface area contributed by atoms with Gasteiger partial charge in [0.1, 0.15) is 0 Å². The Hall–Kier alpha value is -1.60. The van der Waals surface area contributed by atoms with E-state index in [1.807, 2.05) is 0 Å². The highest BCUT2D eigenvalue weighted by Gasteiger charge is 2.10. The number of amidine groups is 1. The normalized spacial score (nSPS) is 11.3. The van der Waals surface area contributed by atoms with E-state index < -0.39 is 6.09 Å². The molecule has 0 aliphatic rings. The van der Waals surface area contributed by atoms with Crippen molar-refractivity contribution in [1.82, 2.24) is 5.01 Å². The van der Waals surface area contributed by atoms with Gasteiger partial charge in [-0.2, -0.15) is 5.01 Å². The molecule has 1 rings (SSSR count). The molecule has 0 aliphatic carbocycles. The number of nitrogens with two attached hydrogens (primary N) is 1. The Kier molecular flexibility index (Phi) is 4.92. The van der Waals surface area contributed by atoms with Gasteiger partial charge in [-0.15, -0.1) is 5.10 Å². The summed E-state index contributed by atoms with van der Waals surface area (Å²) in [5.41, 5.74) is 6.27. The van der Waals surface area contributed by atoms with Crippen molar-refractivity contribution in [2.75, 3.05) is 13.2 Å². The van der Waals surface area contributed by atoms with E-state index in [-0.39, 0.29) is 19.0 Å². The average molecular weight is 302 g/mol. The van der Waals surface area contributed by atoms with Gasteiger partial charge in [0.2, 0.25) is 0 Å². The van der Waals surface area contributed by atoms with Crippen LogP contribution in [0, 0.1) is 0 Å². The molecule has 0 heterocycles. The van der Waals surface area contributed by atoms with Crippen molar-refractivity contribution in [3.05, 3.63) is 34.3 Å². The molecule has 0 aromatic heterocycles. The van der Waals surface area contributed by atoms with Crippen LogP contribution in [0.25, 0.3) is 0 Å². The van der Waals surface area contributed by atoms with E-state index in [0.717, 1.165) is 4.47 Å². The van der Waals surface area contributed by atoms with Gasteiger partial charge in [0.05, 0.1) is 13.2 Å². The van der Waals surface area contributed by atoms with Crippen LogP contribution in [0.3, 0.4) is 0 Å². The monoisotopic (exact) mass is 301 g/mol. The van der Waals surface area contributed by atoms with Gasteiger partial charge in [-0.05, 0) is 12.1 Å². The number of halogens is 1. The van der Waals surface area contributed by atoms with Crippen molar-refractivity contribution in [3.63, 3.8) is 0 Å². The zero-order valence-electron chi connectivity index (χ0n) is 8.88. The van der Waals surface area contributed by atoms with Crippen LogP contribution in [-0.4, -0.2) is 40.3 Å². The van der Waals surface area contributed by atoms with Crippen LogP contribution in [0.5, 0.6) is 0 Å². The molecule has 0 atom stereocenters. The Balaban J connectivity index is 2.89. The standard InChI is InChI=1S/C10H12BrN3O3/c11-8-3-1-7(2-4-8)9(12)13-14(5-6-15)10(16)17/h1-4,15H,5-6H2,(H2,12,13)(H,16,17). The summed E-state index contributed by atoms with van der Waals surface area (Å²) in [6.07, 6.45) is -1.26. The number of nitrogens with zero attached hydrogens (tertiary/aromatic N) is 2. The zero-order valence-corrected chi connectivity index (χ0v) is 10.5. The number of benzene rings is 1. The van der Waals surface area contributed by atoms with Gasteiger partial charge < -0.3 is 15.9 Å². The molecule has 0 unspecified atom stereocenters. The second-order valence-corrected chi connectivity index (χ2v) is 4.04. The molecule has 1 aromatic rings. The molecular formula is C10H12BrN3O3. The van der Waals surface area contributed by atoms with Crippen molar-refractivity contribution in [2.45, 2.75) is 0 Å². The minimum Gasteiger partial charge on any atom is -0.464 e. The second-order valence-electron chi connectivity index (χ2n) is 3.12. The first-order valence-corrected chi connectivity index (χ1v) is 5.55. The molecule has 0 saturated heterocycles. The van der Waals surface area contributed by atoms with E-state index >= 15 is 0 Å². The van der Waals surface area contributed by atoms with E-state index in [2.05, 4.69) is 21.0 Å². The smallest absolute Gasteiger partial charge is 0.428 e. The lowest BCUT2D eigenvalue weighted by molar-refractivity contribution is 0.134. The maximum Gasteiger partial charge on any atom is 0.428 e. The third-order valence-corrected chi connectivity index (χ3v) is 2.43. The van der Waals surface area contributed by atoms with Gasteiger partial charge in [-0.25, -0.2) is 4.79 Å². The minimum atomic E-state index is -1.26. The number of aliphatic hydroxyl groups excluding tert-OH is 1. The van der Waals surface area contributed by atoms with E-state index in [1.54, 1.807) is 24.3 Å². The van der Waals surface area contributed by atoms with E-state index in [0.29, 0.717) is 10.6 Å². The molecule has 1 aromatic carbocycles. The number of carbonyl (C=O) groups is 1. The van der Waals surface area contributed by atoms with Gasteiger partial charge >= 0.3 is 6.09 Å². The second kappa shape index (κ2) is 6.21. The van der Waals surface area contributed by atoms with Gasteiger partial charge in [0.15, 0.2) is 5.84 Å². The summed E-state index contributed by atoms with van der Waals surface area (Å²) in [5.74, 6) is 0.0772. The van der Waals surface area contributed by atoms with Crippen molar-refractivity contribution in [1.29, 1.82) is 0 Å². The lowest BCUT2D eigenvalue weighted by Gasteiger charge is -2.12. The SMILES string of the molecule is NC(=NN(CCO)C(=O)O)c1ccc(Br)cc1. The molecule has 0 aliphatic heterocycles. The van der Waals surface area contributed by atoms with Crippen LogP contribution < -0.4 is 5.73 Å². The first kappa shape index (κ1) is 13.5. The van der Waals surface area contributed by atoms with Crippen molar-refractivity contribution < 1.29 is 15.0 Å². The fourth-order valence-corrected chi connectivity index (χ4v) is 1.36. The zero-order chi connectivity index (χ0) is 12.8. The highest BCUT2D eigenvalue weighted by atomic mass is 79.9. The maximum absolute atomic E-state index is 10.8. The molecule has 1 amide bonds. The van der Waals surface area contributed by atoms with Crippen LogP contribution in [0.1, 0.15) is 5.56 Å². The average Bonchev–Trinajstić information content (AvgIpc) is 2.29. The van der Waals surface area contributed by atoms with Crippen LogP contribution >= 0.6 is 15.9 Å². The molecule has 92 valence electrons.